The van der Waals surface area contributed by atoms with Crippen molar-refractivity contribution in [2.75, 3.05) is 0 Å². The minimum Gasteiger partial charge on any atom is -0.0654 e. The third kappa shape index (κ3) is 1.56. The fourth-order valence-corrected chi connectivity index (χ4v) is 6.05. The first-order valence-electron chi connectivity index (χ1n) is 7.77. The molecule has 0 saturated heterocycles. The van der Waals surface area contributed by atoms with E-state index in [9.17, 15) is 0 Å². The molecule has 0 radical (unpaired) electrons. The van der Waals surface area contributed by atoms with E-state index in [1.54, 1.807) is 38.5 Å². The minimum atomic E-state index is 0.819. The third-order valence-electron chi connectivity index (χ3n) is 6.03. The zero-order valence-corrected chi connectivity index (χ0v) is 11.2. The molecule has 0 nitrogen and oxygen atoms in total. The van der Waals surface area contributed by atoms with Gasteiger partial charge in [0.05, 0.1) is 0 Å². The third-order valence-corrected chi connectivity index (χ3v) is 6.03. The molecule has 4 aliphatic carbocycles. The van der Waals surface area contributed by atoms with Crippen LogP contribution in [0.3, 0.4) is 0 Å². The molecule has 3 unspecified atom stereocenters. The van der Waals surface area contributed by atoms with Crippen LogP contribution in [0.15, 0.2) is 0 Å². The summed E-state index contributed by atoms with van der Waals surface area (Å²) in [7, 11) is 0. The Kier molecular flexibility index (Phi) is 2.80. The van der Waals surface area contributed by atoms with E-state index in [0.29, 0.717) is 0 Å². The van der Waals surface area contributed by atoms with Gasteiger partial charge >= 0.3 is 0 Å². The second-order valence-corrected chi connectivity index (χ2v) is 7.12. The van der Waals surface area contributed by atoms with Crippen LogP contribution in [0.1, 0.15) is 71.6 Å². The Labute approximate surface area is 101 Å². The van der Waals surface area contributed by atoms with Crippen LogP contribution in [-0.2, 0) is 0 Å². The molecule has 0 aliphatic heterocycles. The molecule has 4 aliphatic rings. The maximum absolute atomic E-state index is 2.40. The summed E-state index contributed by atoms with van der Waals surface area (Å²) in [4.78, 5) is 0. The van der Waals surface area contributed by atoms with Gasteiger partial charge in [-0.1, -0.05) is 26.7 Å². The van der Waals surface area contributed by atoms with Gasteiger partial charge < -0.3 is 0 Å². The number of hydrogen-bond acceptors (Lipinski definition) is 0. The highest BCUT2D eigenvalue weighted by molar-refractivity contribution is 5.05. The molecule has 92 valence electrons. The molecule has 0 aromatic rings. The molecule has 4 saturated carbocycles. The van der Waals surface area contributed by atoms with Crippen molar-refractivity contribution in [1.82, 2.24) is 0 Å². The van der Waals surface area contributed by atoms with E-state index in [2.05, 4.69) is 13.8 Å². The lowest BCUT2D eigenvalue weighted by atomic mass is 9.43. The smallest absolute Gasteiger partial charge is 0.0261 e. The highest BCUT2D eigenvalue weighted by atomic mass is 14.6. The summed E-state index contributed by atoms with van der Waals surface area (Å²) in [6.07, 6.45) is 13.9. The average Bonchev–Trinajstić information content (AvgIpc) is 2.23. The van der Waals surface area contributed by atoms with Gasteiger partial charge in [-0.25, -0.2) is 0 Å². The van der Waals surface area contributed by atoms with E-state index in [-0.39, 0.29) is 0 Å². The summed E-state index contributed by atoms with van der Waals surface area (Å²) in [5, 5.41) is 0. The molecule has 0 heterocycles. The first-order valence-corrected chi connectivity index (χ1v) is 7.77. The molecule has 0 aromatic carbocycles. The number of rotatable bonds is 4. The molecule has 16 heavy (non-hydrogen) atoms. The Bertz CT molecular complexity index is 241. The highest BCUT2D eigenvalue weighted by Crippen LogP contribution is 2.65. The van der Waals surface area contributed by atoms with Crippen LogP contribution in [0.4, 0.5) is 0 Å². The van der Waals surface area contributed by atoms with Crippen molar-refractivity contribution in [3.63, 3.8) is 0 Å². The van der Waals surface area contributed by atoms with E-state index in [1.807, 2.05) is 0 Å². The maximum atomic E-state index is 2.40. The quantitative estimate of drug-likeness (QED) is 0.623. The maximum Gasteiger partial charge on any atom is -0.0261 e. The predicted molar refractivity (Wildman–Crippen MR) is 69.3 cm³/mol. The first-order chi connectivity index (χ1) is 7.77. The molecule has 3 atom stereocenters. The van der Waals surface area contributed by atoms with E-state index >= 15 is 0 Å². The predicted octanol–water partition coefficient (Wildman–Crippen LogP) is 5.03. The summed E-state index contributed by atoms with van der Waals surface area (Å²) in [6, 6.07) is 0. The highest BCUT2D eigenvalue weighted by Gasteiger charge is 2.55. The molecular formula is C16H28. The second-order valence-electron chi connectivity index (χ2n) is 7.12. The Morgan fingerprint density at radius 3 is 2.19 bits per heavy atom. The van der Waals surface area contributed by atoms with E-state index in [4.69, 9.17) is 0 Å². The topological polar surface area (TPSA) is 0 Å². The SMILES string of the molecule is CCCC1C2CC3CC(C2)CC1(CCC)C3. The van der Waals surface area contributed by atoms with Gasteiger partial charge in [-0.15, -0.1) is 0 Å². The molecule has 0 amide bonds. The molecule has 0 spiro atoms. The van der Waals surface area contributed by atoms with Crippen LogP contribution in [0.25, 0.3) is 0 Å². The normalized spacial score (nSPS) is 49.9. The van der Waals surface area contributed by atoms with Gasteiger partial charge in [-0.2, -0.15) is 0 Å². The summed E-state index contributed by atoms with van der Waals surface area (Å²) < 4.78 is 0. The fraction of sp³-hybridized carbons (Fsp3) is 1.00. The van der Waals surface area contributed by atoms with Crippen LogP contribution in [0, 0.1) is 29.1 Å². The summed E-state index contributed by atoms with van der Waals surface area (Å²) in [5.41, 5.74) is 0.819. The molecule has 0 N–H and O–H groups in total. The lowest BCUT2D eigenvalue weighted by molar-refractivity contribution is -0.116. The van der Waals surface area contributed by atoms with Gasteiger partial charge in [0, 0.05) is 0 Å². The second kappa shape index (κ2) is 4.03. The van der Waals surface area contributed by atoms with Crippen LogP contribution >= 0.6 is 0 Å². The molecule has 4 fully saturated rings. The summed E-state index contributed by atoms with van der Waals surface area (Å²) in [6.45, 7) is 4.80. The van der Waals surface area contributed by atoms with E-state index in [1.165, 1.54) is 19.3 Å². The van der Waals surface area contributed by atoms with Crippen molar-refractivity contribution >= 4 is 0 Å². The van der Waals surface area contributed by atoms with Crippen molar-refractivity contribution in [1.29, 1.82) is 0 Å². The monoisotopic (exact) mass is 220 g/mol. The molecule has 4 bridgehead atoms. The van der Waals surface area contributed by atoms with Gasteiger partial charge in [-0.3, -0.25) is 0 Å². The molecular weight excluding hydrogens is 192 g/mol. The van der Waals surface area contributed by atoms with Crippen LogP contribution in [0.5, 0.6) is 0 Å². The van der Waals surface area contributed by atoms with Gasteiger partial charge in [0.15, 0.2) is 0 Å². The Morgan fingerprint density at radius 2 is 1.62 bits per heavy atom. The van der Waals surface area contributed by atoms with Crippen molar-refractivity contribution in [3.8, 4) is 0 Å². The lowest BCUT2D eigenvalue weighted by Gasteiger charge is -2.62. The standard InChI is InChI=1S/C16H28/c1-3-5-15-14-8-12-7-13(9-14)11-16(15,10-12)6-4-2/h12-15H,3-11H2,1-2H3. The van der Waals surface area contributed by atoms with Gasteiger partial charge in [0.1, 0.15) is 0 Å². The molecule has 0 aromatic heterocycles. The largest absolute Gasteiger partial charge is 0.0654 e. The fourth-order valence-electron chi connectivity index (χ4n) is 6.05. The van der Waals surface area contributed by atoms with Gasteiger partial charge in [0.25, 0.3) is 0 Å². The summed E-state index contributed by atoms with van der Waals surface area (Å²) >= 11 is 0. The zero-order chi connectivity index (χ0) is 11.2. The number of hydrogen-bond donors (Lipinski definition) is 0. The molecule has 0 heteroatoms. The van der Waals surface area contributed by atoms with E-state index in [0.717, 1.165) is 29.1 Å². The van der Waals surface area contributed by atoms with Crippen molar-refractivity contribution in [2.24, 2.45) is 29.1 Å². The summed E-state index contributed by atoms with van der Waals surface area (Å²) in [5.74, 6) is 4.53. The first kappa shape index (κ1) is 11.1. The van der Waals surface area contributed by atoms with Crippen LogP contribution in [-0.4, -0.2) is 0 Å². The lowest BCUT2D eigenvalue weighted by Crippen LogP contribution is -2.52. The van der Waals surface area contributed by atoms with Crippen molar-refractivity contribution < 1.29 is 0 Å². The van der Waals surface area contributed by atoms with E-state index < -0.39 is 0 Å². The minimum absolute atomic E-state index is 0.819. The van der Waals surface area contributed by atoms with Crippen LogP contribution < -0.4 is 0 Å². The average molecular weight is 220 g/mol. The van der Waals surface area contributed by atoms with Crippen molar-refractivity contribution in [2.45, 2.75) is 71.6 Å². The van der Waals surface area contributed by atoms with Gasteiger partial charge in [-0.05, 0) is 74.0 Å². The van der Waals surface area contributed by atoms with Crippen molar-refractivity contribution in [3.05, 3.63) is 0 Å². The Hall–Kier alpha value is 0. The van der Waals surface area contributed by atoms with Gasteiger partial charge in [0.2, 0.25) is 0 Å². The molecule has 4 rings (SSSR count). The zero-order valence-electron chi connectivity index (χ0n) is 11.2. The van der Waals surface area contributed by atoms with Crippen LogP contribution in [0.2, 0.25) is 0 Å². The Morgan fingerprint density at radius 1 is 0.938 bits per heavy atom. The Balaban J connectivity index is 1.86.